The summed E-state index contributed by atoms with van der Waals surface area (Å²) >= 11 is 4.79. The second kappa shape index (κ2) is 10.7. The summed E-state index contributed by atoms with van der Waals surface area (Å²) in [5.41, 5.74) is 1.06. The van der Waals surface area contributed by atoms with Gasteiger partial charge in [0.15, 0.2) is 0 Å². The van der Waals surface area contributed by atoms with E-state index in [1.54, 1.807) is 31.2 Å². The standard InChI is InChI=1S/C20H28ClFIN5O/c1-4-23(3)29-14-13-27-9-11-28(12-10-27)20-24-15(2)18(22)19(26-20)25-17-7-5-16(21)6-8-17/h5-8H,4,9-14H2,1-3H3,(H,24,25,26). The summed E-state index contributed by atoms with van der Waals surface area (Å²) in [6.07, 6.45) is 0. The van der Waals surface area contributed by atoms with E-state index >= 15 is 0 Å². The Balaban J connectivity index is 1.61. The molecule has 1 aliphatic heterocycles. The summed E-state index contributed by atoms with van der Waals surface area (Å²) < 4.78 is 21.7. The van der Waals surface area contributed by atoms with Crippen LogP contribution in [0.25, 0.3) is 0 Å². The zero-order chi connectivity index (χ0) is 20.8. The number of alkyl halides is 2. The minimum atomic E-state index is -1.13. The molecule has 0 atom stereocenters. The van der Waals surface area contributed by atoms with E-state index in [0.717, 1.165) is 45.0 Å². The summed E-state index contributed by atoms with van der Waals surface area (Å²) in [5.74, 6) is 0.309. The number of nitrogens with one attached hydrogen (secondary N) is 1. The Hall–Kier alpha value is -1.23. The Morgan fingerprint density at radius 3 is 2.52 bits per heavy atom. The normalized spacial score (nSPS) is 15.5. The van der Waals surface area contributed by atoms with Crippen LogP contribution in [0.2, 0.25) is 5.02 Å². The van der Waals surface area contributed by atoms with E-state index < -0.39 is 26.1 Å². The molecule has 6 nitrogen and oxygen atoms in total. The van der Waals surface area contributed by atoms with Crippen LogP contribution in [0.5, 0.6) is 0 Å². The summed E-state index contributed by atoms with van der Waals surface area (Å²) in [7, 11) is 0. The van der Waals surface area contributed by atoms with Crippen molar-refractivity contribution in [3.63, 3.8) is 0 Å². The van der Waals surface area contributed by atoms with Crippen molar-refractivity contribution in [2.75, 3.05) is 58.9 Å². The first kappa shape index (κ1) is 22.5. The van der Waals surface area contributed by atoms with E-state index in [9.17, 15) is 4.39 Å². The van der Waals surface area contributed by atoms with Gasteiger partial charge in [0.05, 0.1) is 0 Å². The number of aryl methyl sites for hydroxylation is 1. The average molecular weight is 536 g/mol. The van der Waals surface area contributed by atoms with Crippen LogP contribution < -0.4 is 10.2 Å². The molecule has 1 N–H and O–H groups in total. The zero-order valence-corrected chi connectivity index (χ0v) is 20.0. The first-order chi connectivity index (χ1) is 14.0. The monoisotopic (exact) mass is 535 g/mol. The molecule has 0 radical (unpaired) electrons. The van der Waals surface area contributed by atoms with Crippen molar-refractivity contribution in [2.24, 2.45) is 0 Å². The number of anilines is 3. The van der Waals surface area contributed by atoms with Crippen LogP contribution in [0, 0.1) is 12.7 Å². The molecule has 160 valence electrons. The average Bonchev–Trinajstić information content (AvgIpc) is 2.73. The number of hydrogen-bond acceptors (Lipinski definition) is 6. The number of rotatable bonds is 8. The van der Waals surface area contributed by atoms with Gasteiger partial charge in [-0.15, -0.1) is 0 Å². The van der Waals surface area contributed by atoms with Gasteiger partial charge < -0.3 is 0 Å². The first-order valence-electron chi connectivity index (χ1n) is 9.69. The molecule has 1 aromatic carbocycles. The molecule has 0 bridgehead atoms. The van der Waals surface area contributed by atoms with Gasteiger partial charge in [0.2, 0.25) is 0 Å². The molecule has 0 saturated carbocycles. The molecule has 0 spiro atoms. The van der Waals surface area contributed by atoms with E-state index in [-0.39, 0.29) is 5.82 Å². The molecule has 2 aromatic rings. The molecule has 9 heteroatoms. The third-order valence-electron chi connectivity index (χ3n) is 4.81. The molecule has 3 rings (SSSR count). The molecule has 2 heterocycles. The number of piperazine rings is 1. The Kier molecular flexibility index (Phi) is 8.28. The molecule has 1 aliphatic rings. The zero-order valence-electron chi connectivity index (χ0n) is 17.1. The number of benzene rings is 1. The van der Waals surface area contributed by atoms with E-state index in [4.69, 9.17) is 14.7 Å². The third kappa shape index (κ3) is 6.37. The summed E-state index contributed by atoms with van der Waals surface area (Å²) in [6.45, 7) is 9.12. The maximum atomic E-state index is 14.6. The Morgan fingerprint density at radius 1 is 1.17 bits per heavy atom. The fraction of sp³-hybridized carbons (Fsp3) is 0.500. The van der Waals surface area contributed by atoms with Crippen molar-refractivity contribution in [3.05, 3.63) is 40.8 Å². The van der Waals surface area contributed by atoms with Gasteiger partial charge in [-0.3, -0.25) is 0 Å². The number of hydrogen-bond donors (Lipinski definition) is 1. The molecule has 0 unspecified atom stereocenters. The summed E-state index contributed by atoms with van der Waals surface area (Å²) in [4.78, 5) is 15.6. The second-order valence-corrected chi connectivity index (χ2v) is 12.5. The van der Waals surface area contributed by atoms with E-state index in [0.29, 0.717) is 16.7 Å². The molecule has 1 aromatic heterocycles. The van der Waals surface area contributed by atoms with Crippen LogP contribution in [-0.4, -0.2) is 63.6 Å². The van der Waals surface area contributed by atoms with Gasteiger partial charge in [-0.05, 0) is 24.3 Å². The van der Waals surface area contributed by atoms with Gasteiger partial charge in [-0.1, -0.05) is 11.6 Å². The van der Waals surface area contributed by atoms with E-state index in [2.05, 4.69) is 36.9 Å². The van der Waals surface area contributed by atoms with E-state index in [1.807, 2.05) is 0 Å². The molecule has 0 amide bonds. The molecule has 1 fully saturated rings. The van der Waals surface area contributed by atoms with Crippen molar-refractivity contribution in [1.29, 1.82) is 0 Å². The molecule has 29 heavy (non-hydrogen) atoms. The van der Waals surface area contributed by atoms with Crippen LogP contribution >= 0.6 is 31.8 Å². The van der Waals surface area contributed by atoms with Crippen molar-refractivity contribution in [3.8, 4) is 0 Å². The van der Waals surface area contributed by atoms with Crippen molar-refractivity contribution in [1.82, 2.24) is 14.9 Å². The molecular formula is C20H28ClFIN5O. The fourth-order valence-electron chi connectivity index (χ4n) is 2.98. The van der Waals surface area contributed by atoms with Gasteiger partial charge in [0, 0.05) is 5.02 Å². The van der Waals surface area contributed by atoms with Crippen LogP contribution in [0.3, 0.4) is 0 Å². The van der Waals surface area contributed by atoms with Gasteiger partial charge >= 0.3 is 144 Å². The molecule has 0 aliphatic carbocycles. The van der Waals surface area contributed by atoms with Crippen LogP contribution in [0.15, 0.2) is 24.3 Å². The first-order valence-corrected chi connectivity index (χ1v) is 14.6. The maximum absolute atomic E-state index is 14.6. The van der Waals surface area contributed by atoms with Crippen LogP contribution in [0.1, 0.15) is 12.6 Å². The predicted octanol–water partition coefficient (Wildman–Crippen LogP) is 4.53. The molecule has 1 saturated heterocycles. The van der Waals surface area contributed by atoms with Crippen molar-refractivity contribution >= 4 is 49.3 Å². The van der Waals surface area contributed by atoms with Crippen LogP contribution in [0.4, 0.5) is 21.8 Å². The van der Waals surface area contributed by atoms with Gasteiger partial charge in [-0.2, -0.15) is 0 Å². The van der Waals surface area contributed by atoms with Crippen molar-refractivity contribution in [2.45, 2.75) is 13.8 Å². The SMILES string of the molecule is CCI(C)OCCN1CCN(c2nc(C)c(F)c(Nc3ccc(Cl)cc3)n2)CC1. The summed E-state index contributed by atoms with van der Waals surface area (Å²) in [5, 5.41) is 3.67. The van der Waals surface area contributed by atoms with Gasteiger partial charge in [0.1, 0.15) is 0 Å². The molecular weight excluding hydrogens is 508 g/mol. The fourth-order valence-corrected chi connectivity index (χ4v) is 4.50. The third-order valence-corrected chi connectivity index (χ3v) is 8.72. The number of nitrogens with zero attached hydrogens (tertiary/aromatic N) is 4. The number of halogens is 3. The van der Waals surface area contributed by atoms with Gasteiger partial charge in [-0.25, -0.2) is 0 Å². The minimum absolute atomic E-state index is 0.185. The number of aromatic nitrogens is 2. The van der Waals surface area contributed by atoms with E-state index in [1.165, 1.54) is 4.43 Å². The Bertz CT molecular complexity index is 802. The topological polar surface area (TPSA) is 53.5 Å². The quantitative estimate of drug-likeness (QED) is 0.396. The van der Waals surface area contributed by atoms with Gasteiger partial charge in [0.25, 0.3) is 0 Å². The predicted molar refractivity (Wildman–Crippen MR) is 127 cm³/mol. The Morgan fingerprint density at radius 2 is 1.86 bits per heavy atom. The Labute approximate surface area is 184 Å². The summed E-state index contributed by atoms with van der Waals surface area (Å²) in [6, 6.07) is 7.10. The van der Waals surface area contributed by atoms with Crippen molar-refractivity contribution < 1.29 is 7.46 Å². The second-order valence-electron chi connectivity index (χ2n) is 6.84. The van der Waals surface area contributed by atoms with Crippen LogP contribution in [-0.2, 0) is 3.07 Å².